The van der Waals surface area contributed by atoms with E-state index in [9.17, 15) is 9.59 Å². The summed E-state index contributed by atoms with van der Waals surface area (Å²) in [4.78, 5) is 23.9. The Morgan fingerprint density at radius 2 is 1.95 bits per heavy atom. The average Bonchev–Trinajstić information content (AvgIpc) is 2.47. The van der Waals surface area contributed by atoms with Gasteiger partial charge < -0.3 is 20.1 Å². The number of ether oxygens (including phenoxy) is 1. The van der Waals surface area contributed by atoms with Crippen molar-refractivity contribution in [2.75, 3.05) is 20.7 Å². The molecule has 0 aliphatic heterocycles. The van der Waals surface area contributed by atoms with Crippen LogP contribution in [0, 0.1) is 0 Å². The molecule has 0 spiro atoms. The zero-order valence-electron chi connectivity index (χ0n) is 12.9. The molecule has 0 aromatic heterocycles. The second kappa shape index (κ2) is 8.75. The maximum absolute atomic E-state index is 12.0. The lowest BCUT2D eigenvalue weighted by Gasteiger charge is -2.26. The number of nitrogens with one attached hydrogen (secondary N) is 1. The number of methoxy groups -OCH3 is 1. The standard InChI is InChI=1S/C15H21BrN2O4/c1-10(17-15(21)18(2)9-8-13(19)20)14(22-3)11-4-6-12(16)7-5-11/h4-7,10,14H,8-9H2,1-3H3,(H,17,21)(H,19,20). The third-order valence-electron chi connectivity index (χ3n) is 3.27. The number of benzene rings is 1. The molecule has 1 aromatic carbocycles. The third-order valence-corrected chi connectivity index (χ3v) is 3.79. The molecule has 1 aromatic rings. The molecule has 2 atom stereocenters. The van der Waals surface area contributed by atoms with Gasteiger partial charge in [0.05, 0.1) is 12.5 Å². The quantitative estimate of drug-likeness (QED) is 0.770. The molecule has 1 rings (SSSR count). The zero-order valence-corrected chi connectivity index (χ0v) is 14.5. The van der Waals surface area contributed by atoms with E-state index in [0.717, 1.165) is 10.0 Å². The van der Waals surface area contributed by atoms with Crippen molar-refractivity contribution in [1.82, 2.24) is 10.2 Å². The Balaban J connectivity index is 2.64. The van der Waals surface area contributed by atoms with Crippen LogP contribution in [0.25, 0.3) is 0 Å². The van der Waals surface area contributed by atoms with Crippen molar-refractivity contribution in [3.05, 3.63) is 34.3 Å². The van der Waals surface area contributed by atoms with Gasteiger partial charge in [0.1, 0.15) is 6.10 Å². The van der Waals surface area contributed by atoms with E-state index in [1.807, 2.05) is 31.2 Å². The Kier molecular flexibility index (Phi) is 7.34. The topological polar surface area (TPSA) is 78.9 Å². The van der Waals surface area contributed by atoms with E-state index in [1.54, 1.807) is 14.2 Å². The summed E-state index contributed by atoms with van der Waals surface area (Å²) in [6.45, 7) is 2.00. The van der Waals surface area contributed by atoms with Gasteiger partial charge in [0.15, 0.2) is 0 Å². The number of amides is 2. The second-order valence-corrected chi connectivity index (χ2v) is 5.93. The van der Waals surface area contributed by atoms with Gasteiger partial charge in [-0.1, -0.05) is 28.1 Å². The highest BCUT2D eigenvalue weighted by atomic mass is 79.9. The molecule has 22 heavy (non-hydrogen) atoms. The molecule has 0 aliphatic carbocycles. The largest absolute Gasteiger partial charge is 0.481 e. The van der Waals surface area contributed by atoms with Crippen LogP contribution in [0.1, 0.15) is 25.0 Å². The number of aliphatic carboxylic acids is 1. The summed E-state index contributed by atoms with van der Waals surface area (Å²) in [6, 6.07) is 7.09. The zero-order chi connectivity index (χ0) is 16.7. The van der Waals surface area contributed by atoms with Crippen molar-refractivity contribution in [3.8, 4) is 0 Å². The minimum atomic E-state index is -0.933. The fourth-order valence-corrected chi connectivity index (χ4v) is 2.29. The van der Waals surface area contributed by atoms with Crippen molar-refractivity contribution in [2.24, 2.45) is 0 Å². The molecule has 0 aliphatic rings. The van der Waals surface area contributed by atoms with Crippen molar-refractivity contribution in [3.63, 3.8) is 0 Å². The minimum Gasteiger partial charge on any atom is -0.481 e. The second-order valence-electron chi connectivity index (χ2n) is 5.01. The van der Waals surface area contributed by atoms with Crippen molar-refractivity contribution in [1.29, 1.82) is 0 Å². The van der Waals surface area contributed by atoms with E-state index < -0.39 is 5.97 Å². The van der Waals surface area contributed by atoms with Crippen molar-refractivity contribution in [2.45, 2.75) is 25.5 Å². The van der Waals surface area contributed by atoms with Gasteiger partial charge in [-0.15, -0.1) is 0 Å². The number of carbonyl (C=O) groups excluding carboxylic acids is 1. The van der Waals surface area contributed by atoms with E-state index in [1.165, 1.54) is 4.90 Å². The van der Waals surface area contributed by atoms with Crippen LogP contribution in [0.2, 0.25) is 0 Å². The van der Waals surface area contributed by atoms with Crippen LogP contribution < -0.4 is 5.32 Å². The first-order valence-corrected chi connectivity index (χ1v) is 7.66. The molecule has 122 valence electrons. The first-order chi connectivity index (χ1) is 10.3. The van der Waals surface area contributed by atoms with Gasteiger partial charge in [-0.2, -0.15) is 0 Å². The maximum Gasteiger partial charge on any atom is 0.317 e. The highest BCUT2D eigenvalue weighted by Crippen LogP contribution is 2.22. The molecule has 0 saturated heterocycles. The van der Waals surface area contributed by atoms with Gasteiger partial charge in [0, 0.05) is 25.2 Å². The van der Waals surface area contributed by atoms with Crippen LogP contribution in [0.3, 0.4) is 0 Å². The van der Waals surface area contributed by atoms with Gasteiger partial charge in [0.2, 0.25) is 0 Å². The minimum absolute atomic E-state index is 0.0846. The number of halogens is 1. The molecule has 0 radical (unpaired) electrons. The lowest BCUT2D eigenvalue weighted by molar-refractivity contribution is -0.137. The van der Waals surface area contributed by atoms with E-state index in [0.29, 0.717) is 0 Å². The number of hydrogen-bond acceptors (Lipinski definition) is 3. The van der Waals surface area contributed by atoms with Crippen LogP contribution in [0.4, 0.5) is 4.79 Å². The van der Waals surface area contributed by atoms with E-state index >= 15 is 0 Å². The van der Waals surface area contributed by atoms with Crippen LogP contribution in [-0.2, 0) is 9.53 Å². The Morgan fingerprint density at radius 3 is 2.45 bits per heavy atom. The van der Waals surface area contributed by atoms with Crippen molar-refractivity contribution < 1.29 is 19.4 Å². The molecule has 6 nitrogen and oxygen atoms in total. The number of rotatable bonds is 7. The highest BCUT2D eigenvalue weighted by molar-refractivity contribution is 9.10. The molecular formula is C15H21BrN2O4. The van der Waals surface area contributed by atoms with Gasteiger partial charge >= 0.3 is 12.0 Å². The summed E-state index contributed by atoms with van der Waals surface area (Å²) < 4.78 is 6.44. The molecule has 7 heteroatoms. The van der Waals surface area contributed by atoms with Crippen LogP contribution in [0.15, 0.2) is 28.7 Å². The number of carboxylic acid groups (broad SMARTS) is 1. The molecular weight excluding hydrogens is 352 g/mol. The van der Waals surface area contributed by atoms with E-state index in [-0.39, 0.29) is 31.1 Å². The number of hydrogen-bond donors (Lipinski definition) is 2. The lowest BCUT2D eigenvalue weighted by Crippen LogP contribution is -2.45. The fraction of sp³-hybridized carbons (Fsp3) is 0.467. The molecule has 0 bridgehead atoms. The monoisotopic (exact) mass is 372 g/mol. The third kappa shape index (κ3) is 5.65. The Bertz CT molecular complexity index is 507. The summed E-state index contributed by atoms with van der Waals surface area (Å²) in [5.41, 5.74) is 0.951. The highest BCUT2D eigenvalue weighted by Gasteiger charge is 2.22. The lowest BCUT2D eigenvalue weighted by atomic mass is 10.0. The molecule has 0 saturated carbocycles. The Hall–Kier alpha value is -1.60. The van der Waals surface area contributed by atoms with Crippen LogP contribution >= 0.6 is 15.9 Å². The van der Waals surface area contributed by atoms with Crippen LogP contribution in [-0.4, -0.2) is 48.8 Å². The summed E-state index contributed by atoms with van der Waals surface area (Å²) in [7, 11) is 3.15. The number of carbonyl (C=O) groups is 2. The number of nitrogens with zero attached hydrogens (tertiary/aromatic N) is 1. The summed E-state index contributed by atoms with van der Waals surface area (Å²) >= 11 is 3.38. The average molecular weight is 373 g/mol. The smallest absolute Gasteiger partial charge is 0.317 e. The SMILES string of the molecule is COC(c1ccc(Br)cc1)C(C)NC(=O)N(C)CCC(=O)O. The summed E-state index contributed by atoms with van der Waals surface area (Å²) in [5.74, 6) is -0.933. The van der Waals surface area contributed by atoms with Gasteiger partial charge in [-0.05, 0) is 24.6 Å². The van der Waals surface area contributed by atoms with Gasteiger partial charge in [0.25, 0.3) is 0 Å². The molecule has 0 heterocycles. The predicted molar refractivity (Wildman–Crippen MR) is 86.8 cm³/mol. The molecule has 2 unspecified atom stereocenters. The van der Waals surface area contributed by atoms with E-state index in [4.69, 9.17) is 9.84 Å². The summed E-state index contributed by atoms with van der Waals surface area (Å²) in [6.07, 6.45) is -0.372. The predicted octanol–water partition coefficient (Wildman–Crippen LogP) is 2.64. The first kappa shape index (κ1) is 18.4. The number of urea groups is 1. The van der Waals surface area contributed by atoms with Crippen molar-refractivity contribution >= 4 is 27.9 Å². The Labute approximate surface area is 138 Å². The summed E-state index contributed by atoms with van der Waals surface area (Å²) in [5, 5.41) is 11.5. The molecule has 2 amide bonds. The van der Waals surface area contributed by atoms with Gasteiger partial charge in [-0.25, -0.2) is 4.79 Å². The first-order valence-electron chi connectivity index (χ1n) is 6.86. The maximum atomic E-state index is 12.0. The molecule has 0 fully saturated rings. The molecule has 2 N–H and O–H groups in total. The van der Waals surface area contributed by atoms with E-state index in [2.05, 4.69) is 21.2 Å². The normalized spacial score (nSPS) is 13.3. The van der Waals surface area contributed by atoms with Crippen LogP contribution in [0.5, 0.6) is 0 Å². The van der Waals surface area contributed by atoms with Gasteiger partial charge in [-0.3, -0.25) is 4.79 Å². The fourth-order valence-electron chi connectivity index (χ4n) is 2.03. The Morgan fingerprint density at radius 1 is 1.36 bits per heavy atom. The number of carboxylic acids is 1.